The minimum atomic E-state index is -3.78. The van der Waals surface area contributed by atoms with E-state index in [1.165, 1.54) is 29.2 Å². The zero-order valence-corrected chi connectivity index (χ0v) is 19.7. The van der Waals surface area contributed by atoms with Gasteiger partial charge in [0, 0.05) is 28.7 Å². The molecule has 0 unspecified atom stereocenters. The van der Waals surface area contributed by atoms with E-state index in [2.05, 4.69) is 5.32 Å². The minimum Gasteiger partial charge on any atom is -0.495 e. The molecule has 1 heterocycles. The Hall–Kier alpha value is -1.78. The first kappa shape index (κ1) is 23.9. The Labute approximate surface area is 192 Å². The summed E-state index contributed by atoms with van der Waals surface area (Å²) >= 11 is 7.36. The zero-order chi connectivity index (χ0) is 22.4. The molecule has 0 spiro atoms. The topological polar surface area (TPSA) is 84.9 Å². The lowest BCUT2D eigenvalue weighted by Crippen LogP contribution is -2.40. The summed E-state index contributed by atoms with van der Waals surface area (Å²) in [6, 6.07) is 11.9. The molecule has 10 heteroatoms. The maximum absolute atomic E-state index is 13.1. The first-order chi connectivity index (χ1) is 14.8. The quantitative estimate of drug-likeness (QED) is 0.572. The third kappa shape index (κ3) is 5.93. The molecule has 2 aromatic rings. The Morgan fingerprint density at radius 1 is 1.23 bits per heavy atom. The van der Waals surface area contributed by atoms with Crippen LogP contribution in [0.5, 0.6) is 5.75 Å². The first-order valence-corrected chi connectivity index (χ1v) is 12.5. The van der Waals surface area contributed by atoms with Crippen LogP contribution in [0.25, 0.3) is 0 Å². The Kier molecular flexibility index (Phi) is 8.23. The van der Waals surface area contributed by atoms with Gasteiger partial charge in [-0.15, -0.1) is 11.8 Å². The normalized spacial score (nSPS) is 16.0. The van der Waals surface area contributed by atoms with Crippen LogP contribution in [0.4, 0.5) is 5.69 Å². The molecule has 31 heavy (non-hydrogen) atoms. The van der Waals surface area contributed by atoms with Gasteiger partial charge in [0.1, 0.15) is 10.6 Å². The van der Waals surface area contributed by atoms with Crippen molar-refractivity contribution in [3.63, 3.8) is 0 Å². The van der Waals surface area contributed by atoms with Gasteiger partial charge in [0.05, 0.1) is 25.6 Å². The fraction of sp³-hybridized carbons (Fsp3) is 0.381. The standard InChI is InChI=1S/C21H25ClN2O5S2/c1-3-19(30-17-7-4-15(22)5-8-17)21(25)23-16-6-9-18(28-2)20(14-16)31(26,27)24-10-12-29-13-11-24/h4-9,14,19H,3,10-13H2,1-2H3,(H,23,25)/t19-/m1/s1. The van der Waals surface area contributed by atoms with Gasteiger partial charge in [-0.3, -0.25) is 4.79 Å². The van der Waals surface area contributed by atoms with Crippen LogP contribution in [-0.4, -0.2) is 57.3 Å². The van der Waals surface area contributed by atoms with E-state index in [-0.39, 0.29) is 34.9 Å². The van der Waals surface area contributed by atoms with Gasteiger partial charge in [-0.25, -0.2) is 8.42 Å². The number of anilines is 1. The number of methoxy groups -OCH3 is 1. The average molecular weight is 485 g/mol. The van der Waals surface area contributed by atoms with Crippen LogP contribution in [0.2, 0.25) is 5.02 Å². The number of ether oxygens (including phenoxy) is 2. The lowest BCUT2D eigenvalue weighted by molar-refractivity contribution is -0.115. The van der Waals surface area contributed by atoms with E-state index in [0.29, 0.717) is 30.3 Å². The van der Waals surface area contributed by atoms with Crippen molar-refractivity contribution in [3.8, 4) is 5.75 Å². The molecule has 1 amide bonds. The molecule has 0 aromatic heterocycles. The number of hydrogen-bond donors (Lipinski definition) is 1. The van der Waals surface area contributed by atoms with E-state index < -0.39 is 10.0 Å². The molecule has 1 aliphatic rings. The third-order valence-corrected chi connectivity index (χ3v) is 8.32. The molecule has 1 N–H and O–H groups in total. The molecule has 0 radical (unpaired) electrons. The second-order valence-corrected chi connectivity index (χ2v) is 10.5. The smallest absolute Gasteiger partial charge is 0.246 e. The number of rotatable bonds is 8. The number of nitrogens with zero attached hydrogens (tertiary/aromatic N) is 1. The summed E-state index contributed by atoms with van der Waals surface area (Å²) < 4.78 is 38.1. The van der Waals surface area contributed by atoms with Gasteiger partial charge < -0.3 is 14.8 Å². The summed E-state index contributed by atoms with van der Waals surface area (Å²) in [7, 11) is -2.36. The largest absolute Gasteiger partial charge is 0.495 e. The lowest BCUT2D eigenvalue weighted by atomic mass is 10.2. The second-order valence-electron chi connectivity index (χ2n) is 6.84. The maximum atomic E-state index is 13.1. The van der Waals surface area contributed by atoms with Crippen LogP contribution in [0, 0.1) is 0 Å². The summed E-state index contributed by atoms with van der Waals surface area (Å²) in [4.78, 5) is 13.8. The van der Waals surface area contributed by atoms with Gasteiger partial charge in [-0.05, 0) is 48.9 Å². The second kappa shape index (κ2) is 10.7. The fourth-order valence-electron chi connectivity index (χ4n) is 3.10. The van der Waals surface area contributed by atoms with Crippen molar-refractivity contribution >= 4 is 45.0 Å². The number of carbonyl (C=O) groups excluding carboxylic acids is 1. The molecule has 7 nitrogen and oxygen atoms in total. The van der Waals surface area contributed by atoms with E-state index in [0.717, 1.165) is 4.90 Å². The van der Waals surface area contributed by atoms with Gasteiger partial charge in [-0.1, -0.05) is 18.5 Å². The van der Waals surface area contributed by atoms with E-state index in [1.807, 2.05) is 19.1 Å². The van der Waals surface area contributed by atoms with Crippen molar-refractivity contribution in [1.82, 2.24) is 4.31 Å². The van der Waals surface area contributed by atoms with Gasteiger partial charge in [0.2, 0.25) is 15.9 Å². The van der Waals surface area contributed by atoms with Crippen LogP contribution in [0.1, 0.15) is 13.3 Å². The number of carbonyl (C=O) groups is 1. The fourth-order valence-corrected chi connectivity index (χ4v) is 5.77. The number of morpholine rings is 1. The van der Waals surface area contributed by atoms with E-state index in [1.54, 1.807) is 24.3 Å². The molecular formula is C21H25ClN2O5S2. The monoisotopic (exact) mass is 484 g/mol. The van der Waals surface area contributed by atoms with Crippen molar-refractivity contribution in [1.29, 1.82) is 0 Å². The molecular weight excluding hydrogens is 460 g/mol. The predicted molar refractivity (Wildman–Crippen MR) is 123 cm³/mol. The molecule has 1 aliphatic heterocycles. The van der Waals surface area contributed by atoms with Crippen molar-refractivity contribution in [2.45, 2.75) is 28.4 Å². The van der Waals surface area contributed by atoms with Crippen LogP contribution in [-0.2, 0) is 19.6 Å². The van der Waals surface area contributed by atoms with E-state index in [9.17, 15) is 13.2 Å². The highest BCUT2D eigenvalue weighted by atomic mass is 35.5. The molecule has 1 saturated heterocycles. The summed E-state index contributed by atoms with van der Waals surface area (Å²) in [6.07, 6.45) is 0.605. The maximum Gasteiger partial charge on any atom is 0.246 e. The highest BCUT2D eigenvalue weighted by Crippen LogP contribution is 2.32. The minimum absolute atomic E-state index is 0.0214. The van der Waals surface area contributed by atoms with Crippen LogP contribution in [0.15, 0.2) is 52.3 Å². The molecule has 0 bridgehead atoms. The van der Waals surface area contributed by atoms with Gasteiger partial charge in [0.15, 0.2) is 0 Å². The summed E-state index contributed by atoms with van der Waals surface area (Å²) in [5, 5.41) is 3.13. The Balaban J connectivity index is 1.79. The Morgan fingerprint density at radius 2 is 1.90 bits per heavy atom. The predicted octanol–water partition coefficient (Wildman–Crippen LogP) is 3.88. The van der Waals surface area contributed by atoms with Gasteiger partial charge >= 0.3 is 0 Å². The van der Waals surface area contributed by atoms with Crippen molar-refractivity contribution < 1.29 is 22.7 Å². The number of benzene rings is 2. The molecule has 0 saturated carbocycles. The van der Waals surface area contributed by atoms with Crippen LogP contribution in [0.3, 0.4) is 0 Å². The molecule has 1 fully saturated rings. The molecule has 0 aliphatic carbocycles. The van der Waals surface area contributed by atoms with Crippen LogP contribution >= 0.6 is 23.4 Å². The van der Waals surface area contributed by atoms with Crippen molar-refractivity contribution in [2.24, 2.45) is 0 Å². The number of halogens is 1. The molecule has 168 valence electrons. The number of hydrogen-bond acceptors (Lipinski definition) is 6. The highest BCUT2D eigenvalue weighted by Gasteiger charge is 2.30. The zero-order valence-electron chi connectivity index (χ0n) is 17.3. The van der Waals surface area contributed by atoms with Crippen molar-refractivity contribution in [3.05, 3.63) is 47.5 Å². The Bertz CT molecular complexity index is 1010. The SMILES string of the molecule is CC[C@@H](Sc1ccc(Cl)cc1)C(=O)Nc1ccc(OC)c(S(=O)(=O)N2CCOCC2)c1. The first-order valence-electron chi connectivity index (χ1n) is 9.84. The summed E-state index contributed by atoms with van der Waals surface area (Å²) in [6.45, 7) is 3.17. The summed E-state index contributed by atoms with van der Waals surface area (Å²) in [5.41, 5.74) is 0.396. The van der Waals surface area contributed by atoms with E-state index >= 15 is 0 Å². The van der Waals surface area contributed by atoms with Gasteiger partial charge in [-0.2, -0.15) is 4.31 Å². The molecule has 2 aromatic carbocycles. The number of thioether (sulfide) groups is 1. The lowest BCUT2D eigenvalue weighted by Gasteiger charge is -2.27. The third-order valence-electron chi connectivity index (χ3n) is 4.77. The average Bonchev–Trinajstić information content (AvgIpc) is 2.79. The number of sulfonamides is 1. The van der Waals surface area contributed by atoms with E-state index in [4.69, 9.17) is 21.1 Å². The van der Waals surface area contributed by atoms with Crippen molar-refractivity contribution in [2.75, 3.05) is 38.7 Å². The molecule has 1 atom stereocenters. The number of amides is 1. The molecule has 3 rings (SSSR count). The highest BCUT2D eigenvalue weighted by molar-refractivity contribution is 8.00. The summed E-state index contributed by atoms with van der Waals surface area (Å²) in [5.74, 6) is 0.0226. The van der Waals surface area contributed by atoms with Gasteiger partial charge in [0.25, 0.3) is 0 Å². The number of nitrogens with one attached hydrogen (secondary N) is 1. The van der Waals surface area contributed by atoms with Crippen LogP contribution < -0.4 is 10.1 Å². The Morgan fingerprint density at radius 3 is 2.52 bits per heavy atom.